The molecule has 124 valence electrons. The maximum absolute atomic E-state index is 11.8. The zero-order valence-corrected chi connectivity index (χ0v) is 14.5. The van der Waals surface area contributed by atoms with Crippen molar-refractivity contribution in [3.8, 4) is 5.75 Å². The van der Waals surface area contributed by atoms with Crippen LogP contribution in [0.2, 0.25) is 0 Å². The molecule has 0 aliphatic carbocycles. The van der Waals surface area contributed by atoms with E-state index in [-0.39, 0.29) is 5.91 Å². The Labute approximate surface area is 145 Å². The van der Waals surface area contributed by atoms with E-state index in [1.807, 2.05) is 24.3 Å². The lowest BCUT2D eigenvalue weighted by Crippen LogP contribution is -2.37. The molecule has 1 aromatic rings. The van der Waals surface area contributed by atoms with Crippen molar-refractivity contribution in [3.05, 3.63) is 24.3 Å². The number of carbonyl (C=O) groups is 1. The van der Waals surface area contributed by atoms with E-state index in [1.54, 1.807) is 4.90 Å². The van der Waals surface area contributed by atoms with Crippen LogP contribution in [0.4, 0.5) is 5.69 Å². The molecule has 0 radical (unpaired) electrons. The van der Waals surface area contributed by atoms with E-state index in [0.29, 0.717) is 16.7 Å². The molecule has 5 nitrogen and oxygen atoms in total. The van der Waals surface area contributed by atoms with Crippen molar-refractivity contribution in [1.82, 2.24) is 4.90 Å². The van der Waals surface area contributed by atoms with Crippen LogP contribution in [0.5, 0.6) is 5.75 Å². The van der Waals surface area contributed by atoms with Gasteiger partial charge in [0.2, 0.25) is 5.91 Å². The lowest BCUT2D eigenvalue weighted by molar-refractivity contribution is -0.115. The summed E-state index contributed by atoms with van der Waals surface area (Å²) in [4.78, 5) is 15.8. The number of hydrogen-bond acceptors (Lipinski definition) is 6. The van der Waals surface area contributed by atoms with E-state index < -0.39 is 0 Å². The van der Waals surface area contributed by atoms with Gasteiger partial charge in [-0.3, -0.25) is 14.6 Å². The number of anilines is 1. The molecule has 2 heterocycles. The second-order valence-electron chi connectivity index (χ2n) is 5.43. The van der Waals surface area contributed by atoms with Crippen molar-refractivity contribution in [1.29, 1.82) is 0 Å². The van der Waals surface area contributed by atoms with Crippen LogP contribution in [0.15, 0.2) is 24.3 Å². The molecule has 7 heteroatoms. The molecule has 3 rings (SSSR count). The molecule has 0 bridgehead atoms. The van der Waals surface area contributed by atoms with Gasteiger partial charge >= 0.3 is 0 Å². The highest BCUT2D eigenvalue weighted by atomic mass is 32.2. The van der Waals surface area contributed by atoms with Gasteiger partial charge in [0.1, 0.15) is 10.1 Å². The Balaban J connectivity index is 1.44. The van der Waals surface area contributed by atoms with Gasteiger partial charge in [-0.25, -0.2) is 0 Å². The Kier molecular flexibility index (Phi) is 5.88. The summed E-state index contributed by atoms with van der Waals surface area (Å²) in [6.07, 6.45) is 0.993. The Hall–Kier alpha value is -1.15. The molecule has 1 aromatic carbocycles. The third kappa shape index (κ3) is 4.44. The van der Waals surface area contributed by atoms with E-state index in [0.717, 1.165) is 50.7 Å². The number of carbonyl (C=O) groups excluding carboxylic acids is 1. The van der Waals surface area contributed by atoms with Gasteiger partial charge in [-0.05, 0) is 30.7 Å². The Morgan fingerprint density at radius 1 is 1.22 bits per heavy atom. The van der Waals surface area contributed by atoms with Crippen LogP contribution in [-0.4, -0.2) is 60.3 Å². The van der Waals surface area contributed by atoms with Gasteiger partial charge in [0.25, 0.3) is 0 Å². The van der Waals surface area contributed by atoms with Gasteiger partial charge in [-0.2, -0.15) is 0 Å². The first-order valence-corrected chi connectivity index (χ1v) is 9.16. The number of nitrogens with zero attached hydrogens (tertiary/aromatic N) is 2. The predicted molar refractivity (Wildman–Crippen MR) is 96.4 cm³/mol. The largest absolute Gasteiger partial charge is 0.494 e. The maximum atomic E-state index is 11.8. The van der Waals surface area contributed by atoms with E-state index in [2.05, 4.69) is 4.90 Å². The standard InChI is InChI=1S/C16H20N2O3S2/c19-15-12-23-16(22)18(15)13-2-4-14(5-3-13)21-9-1-6-17-7-10-20-11-8-17/h2-5H,1,6-12H2. The van der Waals surface area contributed by atoms with Crippen LogP contribution in [0.1, 0.15) is 6.42 Å². The summed E-state index contributed by atoms with van der Waals surface area (Å²) in [5.74, 6) is 1.29. The van der Waals surface area contributed by atoms with Gasteiger partial charge in [-0.1, -0.05) is 24.0 Å². The average molecular weight is 352 g/mol. The van der Waals surface area contributed by atoms with Crippen LogP contribution in [0.25, 0.3) is 0 Å². The number of rotatable bonds is 6. The number of morpholine rings is 1. The molecule has 0 saturated carbocycles. The van der Waals surface area contributed by atoms with Gasteiger partial charge in [0.05, 0.1) is 31.3 Å². The first kappa shape index (κ1) is 16.7. The van der Waals surface area contributed by atoms with Crippen LogP contribution < -0.4 is 9.64 Å². The molecule has 0 aromatic heterocycles. The smallest absolute Gasteiger partial charge is 0.243 e. The summed E-state index contributed by atoms with van der Waals surface area (Å²) in [5, 5.41) is 0. The summed E-state index contributed by atoms with van der Waals surface area (Å²) in [7, 11) is 0. The molecule has 2 aliphatic rings. The highest BCUT2D eigenvalue weighted by Gasteiger charge is 2.27. The lowest BCUT2D eigenvalue weighted by Gasteiger charge is -2.26. The summed E-state index contributed by atoms with van der Waals surface area (Å²) >= 11 is 6.61. The minimum atomic E-state index is 0.0409. The second kappa shape index (κ2) is 8.10. The highest BCUT2D eigenvalue weighted by molar-refractivity contribution is 8.24. The van der Waals surface area contributed by atoms with Crippen molar-refractivity contribution in [2.45, 2.75) is 6.42 Å². The molecule has 0 unspecified atom stereocenters. The van der Waals surface area contributed by atoms with E-state index >= 15 is 0 Å². The number of ether oxygens (including phenoxy) is 2. The minimum Gasteiger partial charge on any atom is -0.494 e. The third-order valence-electron chi connectivity index (χ3n) is 3.84. The van der Waals surface area contributed by atoms with Gasteiger partial charge in [0.15, 0.2) is 0 Å². The first-order chi connectivity index (χ1) is 11.2. The number of thiocarbonyl (C=S) groups is 1. The van der Waals surface area contributed by atoms with E-state index in [9.17, 15) is 4.79 Å². The van der Waals surface area contributed by atoms with Crippen molar-refractivity contribution in [2.75, 3.05) is 50.1 Å². The zero-order chi connectivity index (χ0) is 16.1. The fourth-order valence-corrected chi connectivity index (χ4v) is 3.69. The van der Waals surface area contributed by atoms with Crippen molar-refractivity contribution >= 4 is 39.9 Å². The normalized spacial score (nSPS) is 19.4. The Morgan fingerprint density at radius 2 is 1.96 bits per heavy atom. The summed E-state index contributed by atoms with van der Waals surface area (Å²) in [6.45, 7) is 5.41. The summed E-state index contributed by atoms with van der Waals surface area (Å²) in [5.41, 5.74) is 0.811. The SMILES string of the molecule is O=C1CSC(=S)N1c1ccc(OCCCN2CCOCC2)cc1. The quantitative estimate of drug-likeness (QED) is 0.577. The molecule has 0 atom stereocenters. The lowest BCUT2D eigenvalue weighted by atomic mass is 10.3. The van der Waals surface area contributed by atoms with Gasteiger partial charge in [0, 0.05) is 19.6 Å². The van der Waals surface area contributed by atoms with Crippen LogP contribution >= 0.6 is 24.0 Å². The fraction of sp³-hybridized carbons (Fsp3) is 0.500. The van der Waals surface area contributed by atoms with Crippen LogP contribution in [-0.2, 0) is 9.53 Å². The topological polar surface area (TPSA) is 42.0 Å². The van der Waals surface area contributed by atoms with Crippen molar-refractivity contribution < 1.29 is 14.3 Å². The first-order valence-electron chi connectivity index (χ1n) is 7.77. The molecular formula is C16H20N2O3S2. The summed E-state index contributed by atoms with van der Waals surface area (Å²) in [6, 6.07) is 7.55. The van der Waals surface area contributed by atoms with E-state index in [1.165, 1.54) is 11.8 Å². The van der Waals surface area contributed by atoms with Crippen LogP contribution in [0.3, 0.4) is 0 Å². The average Bonchev–Trinajstić information content (AvgIpc) is 2.92. The summed E-state index contributed by atoms with van der Waals surface area (Å²) < 4.78 is 11.7. The fourth-order valence-electron chi connectivity index (χ4n) is 2.60. The third-order valence-corrected chi connectivity index (χ3v) is 5.19. The Bertz CT molecular complexity index is 543. The molecule has 0 N–H and O–H groups in total. The molecule has 1 amide bonds. The second-order valence-corrected chi connectivity index (χ2v) is 7.04. The molecule has 23 heavy (non-hydrogen) atoms. The van der Waals surface area contributed by atoms with E-state index in [4.69, 9.17) is 21.7 Å². The zero-order valence-electron chi connectivity index (χ0n) is 12.9. The number of amides is 1. The highest BCUT2D eigenvalue weighted by Crippen LogP contribution is 2.28. The molecular weight excluding hydrogens is 332 g/mol. The monoisotopic (exact) mass is 352 g/mol. The van der Waals surface area contributed by atoms with Crippen molar-refractivity contribution in [2.24, 2.45) is 0 Å². The maximum Gasteiger partial charge on any atom is 0.243 e. The van der Waals surface area contributed by atoms with Crippen molar-refractivity contribution in [3.63, 3.8) is 0 Å². The molecule has 2 saturated heterocycles. The van der Waals surface area contributed by atoms with Gasteiger partial charge in [-0.15, -0.1) is 0 Å². The Morgan fingerprint density at radius 3 is 2.61 bits per heavy atom. The van der Waals surface area contributed by atoms with Gasteiger partial charge < -0.3 is 9.47 Å². The molecule has 0 spiro atoms. The predicted octanol–water partition coefficient (Wildman–Crippen LogP) is 2.15. The minimum absolute atomic E-state index is 0.0409. The van der Waals surface area contributed by atoms with Crippen LogP contribution in [0, 0.1) is 0 Å². The number of thioether (sulfide) groups is 1. The number of hydrogen-bond donors (Lipinski definition) is 0. The number of benzene rings is 1. The molecule has 2 aliphatic heterocycles. The molecule has 2 fully saturated rings.